The highest BCUT2D eigenvalue weighted by molar-refractivity contribution is 5.96. The zero-order valence-electron chi connectivity index (χ0n) is 11.0. The predicted molar refractivity (Wildman–Crippen MR) is 65.4 cm³/mol. The van der Waals surface area contributed by atoms with Crippen LogP contribution in [0.3, 0.4) is 0 Å². The zero-order valence-corrected chi connectivity index (χ0v) is 11.0. The van der Waals surface area contributed by atoms with Gasteiger partial charge in [-0.2, -0.15) is 5.10 Å². The van der Waals surface area contributed by atoms with Crippen LogP contribution in [-0.4, -0.2) is 46.2 Å². The maximum Gasteiger partial charge on any atom is 0.255 e. The number of rotatable bonds is 3. The van der Waals surface area contributed by atoms with Gasteiger partial charge in [0, 0.05) is 32.3 Å². The van der Waals surface area contributed by atoms with Crippen LogP contribution in [0, 0.1) is 13.8 Å². The average Bonchev–Trinajstić information content (AvgIpc) is 2.83. The minimum absolute atomic E-state index is 0.196. The van der Waals surface area contributed by atoms with E-state index in [1.165, 1.54) is 0 Å². The molecule has 1 fully saturated rings. The van der Waals surface area contributed by atoms with Crippen LogP contribution in [-0.2, 0) is 11.8 Å². The van der Waals surface area contributed by atoms with Gasteiger partial charge in [0.1, 0.15) is 5.60 Å². The Morgan fingerprint density at radius 1 is 1.61 bits per heavy atom. The van der Waals surface area contributed by atoms with Gasteiger partial charge in [0.25, 0.3) is 5.91 Å². The third-order valence-electron chi connectivity index (χ3n) is 3.40. The van der Waals surface area contributed by atoms with Crippen molar-refractivity contribution < 1.29 is 14.6 Å². The molecule has 0 saturated carbocycles. The number of aryl methyl sites for hydroxylation is 2. The van der Waals surface area contributed by atoms with E-state index in [4.69, 9.17) is 4.74 Å². The van der Waals surface area contributed by atoms with Gasteiger partial charge >= 0.3 is 0 Å². The first kappa shape index (κ1) is 13.0. The van der Waals surface area contributed by atoms with Gasteiger partial charge in [-0.3, -0.25) is 9.48 Å². The lowest BCUT2D eigenvalue weighted by molar-refractivity contribution is 0.0264. The van der Waals surface area contributed by atoms with Crippen molar-refractivity contribution in [3.05, 3.63) is 17.0 Å². The number of hydrogen-bond donors (Lipinski definition) is 2. The van der Waals surface area contributed by atoms with Crippen molar-refractivity contribution in [3.63, 3.8) is 0 Å². The Morgan fingerprint density at radius 3 is 2.83 bits per heavy atom. The molecular formula is C12H19N3O3. The molecule has 6 nitrogen and oxygen atoms in total. The SMILES string of the molecule is Cc1nn(C)c(C)c1C(=O)NCC1(O)CCOC1. The fourth-order valence-electron chi connectivity index (χ4n) is 2.17. The third-order valence-corrected chi connectivity index (χ3v) is 3.40. The number of ether oxygens (including phenoxy) is 1. The Labute approximate surface area is 106 Å². The van der Waals surface area contributed by atoms with Crippen LogP contribution in [0.15, 0.2) is 0 Å². The highest BCUT2D eigenvalue weighted by atomic mass is 16.5. The van der Waals surface area contributed by atoms with Crippen molar-refractivity contribution in [2.75, 3.05) is 19.8 Å². The fourth-order valence-corrected chi connectivity index (χ4v) is 2.17. The molecule has 0 bridgehead atoms. The van der Waals surface area contributed by atoms with Crippen LogP contribution in [0.25, 0.3) is 0 Å². The number of nitrogens with zero attached hydrogens (tertiary/aromatic N) is 2. The lowest BCUT2D eigenvalue weighted by atomic mass is 10.0. The second-order valence-electron chi connectivity index (χ2n) is 4.88. The van der Waals surface area contributed by atoms with Gasteiger partial charge in [-0.25, -0.2) is 0 Å². The van der Waals surface area contributed by atoms with E-state index in [2.05, 4.69) is 10.4 Å². The smallest absolute Gasteiger partial charge is 0.255 e. The van der Waals surface area contributed by atoms with Gasteiger partial charge in [-0.1, -0.05) is 0 Å². The Hall–Kier alpha value is -1.40. The van der Waals surface area contributed by atoms with Crippen LogP contribution in [0.4, 0.5) is 0 Å². The summed E-state index contributed by atoms with van der Waals surface area (Å²) in [4.78, 5) is 12.1. The van der Waals surface area contributed by atoms with E-state index in [9.17, 15) is 9.90 Å². The molecule has 1 aliphatic heterocycles. The van der Waals surface area contributed by atoms with Gasteiger partial charge in [0.2, 0.25) is 0 Å². The Kier molecular flexibility index (Phi) is 3.41. The van der Waals surface area contributed by atoms with E-state index in [-0.39, 0.29) is 19.1 Å². The van der Waals surface area contributed by atoms with E-state index >= 15 is 0 Å². The molecule has 1 saturated heterocycles. The normalized spacial score (nSPS) is 23.3. The van der Waals surface area contributed by atoms with Gasteiger partial charge in [-0.05, 0) is 13.8 Å². The number of aliphatic hydroxyl groups is 1. The third kappa shape index (κ3) is 2.39. The van der Waals surface area contributed by atoms with E-state index in [1.54, 1.807) is 18.7 Å². The van der Waals surface area contributed by atoms with Crippen molar-refractivity contribution in [1.29, 1.82) is 0 Å². The number of carbonyl (C=O) groups is 1. The summed E-state index contributed by atoms with van der Waals surface area (Å²) >= 11 is 0. The number of nitrogens with one attached hydrogen (secondary N) is 1. The van der Waals surface area contributed by atoms with E-state index in [0.717, 1.165) is 5.69 Å². The van der Waals surface area contributed by atoms with Crippen molar-refractivity contribution in [3.8, 4) is 0 Å². The van der Waals surface area contributed by atoms with Crippen molar-refractivity contribution in [1.82, 2.24) is 15.1 Å². The second-order valence-corrected chi connectivity index (χ2v) is 4.88. The summed E-state index contributed by atoms with van der Waals surface area (Å²) in [6.45, 7) is 4.67. The largest absolute Gasteiger partial charge is 0.386 e. The Morgan fingerprint density at radius 2 is 2.33 bits per heavy atom. The summed E-state index contributed by atoms with van der Waals surface area (Å²) in [5, 5.41) is 17.0. The minimum atomic E-state index is -0.931. The van der Waals surface area contributed by atoms with Crippen LogP contribution in [0.1, 0.15) is 28.2 Å². The molecule has 1 aromatic heterocycles. The molecule has 0 radical (unpaired) electrons. The number of amides is 1. The first-order chi connectivity index (χ1) is 8.43. The van der Waals surface area contributed by atoms with Crippen LogP contribution < -0.4 is 5.32 Å². The number of aromatic nitrogens is 2. The molecule has 6 heteroatoms. The standard InChI is InChI=1S/C12H19N3O3/c1-8-10(9(2)15(3)14-8)11(16)13-6-12(17)4-5-18-7-12/h17H,4-7H2,1-3H3,(H,13,16). The van der Waals surface area contributed by atoms with E-state index < -0.39 is 5.60 Å². The van der Waals surface area contributed by atoms with Crippen LogP contribution in [0.5, 0.6) is 0 Å². The molecule has 1 unspecified atom stereocenters. The fraction of sp³-hybridized carbons (Fsp3) is 0.667. The monoisotopic (exact) mass is 253 g/mol. The summed E-state index contributed by atoms with van der Waals surface area (Å²) in [6, 6.07) is 0. The second kappa shape index (κ2) is 4.70. The predicted octanol–water partition coefficient (Wildman–Crippen LogP) is -0.0819. The molecule has 1 aliphatic rings. The minimum Gasteiger partial charge on any atom is -0.386 e. The van der Waals surface area contributed by atoms with E-state index in [1.807, 2.05) is 6.92 Å². The maximum atomic E-state index is 12.1. The molecule has 0 spiro atoms. The molecule has 0 aromatic carbocycles. The molecule has 1 aromatic rings. The first-order valence-electron chi connectivity index (χ1n) is 6.01. The number of hydrogen-bond acceptors (Lipinski definition) is 4. The molecule has 1 amide bonds. The summed E-state index contributed by atoms with van der Waals surface area (Å²) in [5.41, 5.74) is 1.17. The van der Waals surface area contributed by atoms with Gasteiger partial charge in [0.15, 0.2) is 0 Å². The first-order valence-corrected chi connectivity index (χ1v) is 6.01. The molecule has 100 valence electrons. The van der Waals surface area contributed by atoms with Crippen molar-refractivity contribution in [2.24, 2.45) is 7.05 Å². The van der Waals surface area contributed by atoms with Crippen molar-refractivity contribution in [2.45, 2.75) is 25.9 Å². The average molecular weight is 253 g/mol. The maximum absolute atomic E-state index is 12.1. The molecular weight excluding hydrogens is 234 g/mol. The molecule has 18 heavy (non-hydrogen) atoms. The van der Waals surface area contributed by atoms with E-state index in [0.29, 0.717) is 24.3 Å². The van der Waals surface area contributed by atoms with Crippen molar-refractivity contribution >= 4 is 5.91 Å². The van der Waals surface area contributed by atoms with Gasteiger partial charge in [0.05, 0.1) is 17.9 Å². The lowest BCUT2D eigenvalue weighted by Crippen LogP contribution is -2.43. The quantitative estimate of drug-likeness (QED) is 0.790. The number of carbonyl (C=O) groups excluding carboxylic acids is 1. The molecule has 1 atom stereocenters. The summed E-state index contributed by atoms with van der Waals surface area (Å²) in [5.74, 6) is -0.196. The Balaban J connectivity index is 2.04. The van der Waals surface area contributed by atoms with Gasteiger partial charge in [-0.15, -0.1) is 0 Å². The topological polar surface area (TPSA) is 76.4 Å². The highest BCUT2D eigenvalue weighted by Crippen LogP contribution is 2.18. The van der Waals surface area contributed by atoms with Gasteiger partial charge < -0.3 is 15.2 Å². The lowest BCUT2D eigenvalue weighted by Gasteiger charge is -2.20. The summed E-state index contributed by atoms with van der Waals surface area (Å²) in [7, 11) is 1.80. The highest BCUT2D eigenvalue weighted by Gasteiger charge is 2.33. The molecule has 2 rings (SSSR count). The molecule has 2 N–H and O–H groups in total. The van der Waals surface area contributed by atoms with Crippen LogP contribution in [0.2, 0.25) is 0 Å². The summed E-state index contributed by atoms with van der Waals surface area (Å²) in [6.07, 6.45) is 0.554. The molecule has 0 aliphatic carbocycles. The van der Waals surface area contributed by atoms with Crippen LogP contribution >= 0.6 is 0 Å². The summed E-state index contributed by atoms with van der Waals surface area (Å²) < 4.78 is 6.81. The molecule has 2 heterocycles. The zero-order chi connectivity index (χ0) is 13.3. The Bertz CT molecular complexity index is 461.